The number of para-hydroxylation sites is 4. The zero-order chi connectivity index (χ0) is 74.6. The molecule has 36 heteroatoms. The van der Waals surface area contributed by atoms with Gasteiger partial charge in [0, 0.05) is 49.9 Å². The average Bonchev–Trinajstić information content (AvgIpc) is 1.77. The second-order valence-electron chi connectivity index (χ2n) is 19.6. The van der Waals surface area contributed by atoms with Crippen LogP contribution in [0.15, 0.2) is 237 Å². The fraction of sp³-hybridized carbons (Fsp3) is 0.106. The predicted octanol–water partition coefficient (Wildman–Crippen LogP) is 16.3. The number of rotatable bonds is 12. The summed E-state index contributed by atoms with van der Waals surface area (Å²) in [5.74, 6) is -0.0373. The third-order valence-corrected chi connectivity index (χ3v) is 14.3. The first kappa shape index (κ1) is 77.3. The standard InChI is InChI=1S/C18H12N6O2S.C13H9BrN2O2.C13H12N2O3.C13H10N2O2.C7H7NO4.CH2Cl2.CH3F.Cl3OP/c25-18-15-12(6-7-26-15)23-13(24(18)11-4-2-1-3-5-11)8-27-17-14-16(20-9-19-14)21-10-22-17;14-8-11-15-10-6-7-18-12(10)13(17)16(11)9-4-2-1-3-5-9;1-9(16)14-11-7-8-18-12(11)13(17)15-10-5-3-2-4-6-10;1-9-14-11-7-8-17-12(11)13(16)15(9)10-5-3-2-4-6-10;1-4(9)8-5-2-3-12-6(5)7(10)11;2-1-3;1-2;1-5(2,3)4/h1-7,9-10H,8H2,(H,19,20,21,22);1-7H,8H2;2-8H,1H3,(H,14,16)(H,15,17);2-8H,1H3;2-3H,1H3,(H,8,9)(H,10,11);1H2;1H3;/i;;;;;;1D;. The third kappa shape index (κ3) is 22.0. The molecule has 528 valence electrons. The molecule has 14 rings (SSSR count). The first-order valence-corrected chi connectivity index (χ1v) is 36.5. The number of carboxylic acid groups (broad SMARTS) is 1. The van der Waals surface area contributed by atoms with Gasteiger partial charge in [-0.05, 0) is 89.2 Å². The summed E-state index contributed by atoms with van der Waals surface area (Å²) in [6, 6.07) is 45.2. The molecular weight excluding hydrogens is 1540 g/mol. The minimum atomic E-state index is -3.22. The molecule has 102 heavy (non-hydrogen) atoms. The number of imidazole rings is 1. The van der Waals surface area contributed by atoms with E-state index >= 15 is 0 Å². The number of carbonyl (C=O) groups excluding carboxylic acids is 3. The summed E-state index contributed by atoms with van der Waals surface area (Å²) in [5, 5.41) is 14.3. The van der Waals surface area contributed by atoms with Crippen LogP contribution < -0.4 is 32.6 Å². The van der Waals surface area contributed by atoms with Crippen LogP contribution in [0, 0.1) is 6.92 Å². The number of nitrogens with zero attached hydrogens (tertiary/aromatic N) is 9. The molecule has 0 saturated heterocycles. The molecule has 0 aliphatic carbocycles. The number of hydrogen-bond acceptors (Lipinski definition) is 20. The largest absolute Gasteiger partial charge is 0.475 e. The van der Waals surface area contributed by atoms with Crippen LogP contribution in [0.2, 0.25) is 0 Å². The van der Waals surface area contributed by atoms with E-state index in [1.54, 1.807) is 57.3 Å². The summed E-state index contributed by atoms with van der Waals surface area (Å²) in [7, 11) is -1.00. The molecule has 0 unspecified atom stereocenters. The molecule has 3 amide bonds. The molecule has 10 aromatic heterocycles. The van der Waals surface area contributed by atoms with E-state index in [4.69, 9.17) is 47.3 Å². The Morgan fingerprint density at radius 1 is 0.598 bits per heavy atom. The van der Waals surface area contributed by atoms with Crippen molar-refractivity contribution in [2.75, 3.05) is 28.4 Å². The van der Waals surface area contributed by atoms with Crippen LogP contribution in [0.25, 0.3) is 61.5 Å². The highest BCUT2D eigenvalue weighted by atomic mass is 79.9. The lowest BCUT2D eigenvalue weighted by Crippen LogP contribution is -2.23. The van der Waals surface area contributed by atoms with Crippen molar-refractivity contribution in [3.05, 3.63) is 256 Å². The van der Waals surface area contributed by atoms with Crippen LogP contribution in [-0.4, -0.2) is 89.9 Å². The van der Waals surface area contributed by atoms with Crippen molar-refractivity contribution in [2.24, 2.45) is 0 Å². The number of halogens is 7. The zero-order valence-corrected chi connectivity index (χ0v) is 60.2. The fourth-order valence-corrected chi connectivity index (χ4v) is 10.2. The Hall–Kier alpha value is -10.4. The fourth-order valence-electron chi connectivity index (χ4n) is 8.93. The number of aromatic nitrogens is 10. The lowest BCUT2D eigenvalue weighted by Gasteiger charge is -2.11. The summed E-state index contributed by atoms with van der Waals surface area (Å²) < 4.78 is 55.1. The van der Waals surface area contributed by atoms with Crippen LogP contribution in [-0.2, 0) is 25.2 Å². The molecule has 10 heterocycles. The summed E-state index contributed by atoms with van der Waals surface area (Å²) >= 11 is 28.2. The molecule has 0 aliphatic heterocycles. The number of benzene rings is 4. The van der Waals surface area contributed by atoms with Gasteiger partial charge in [-0.15, -0.1) is 23.2 Å². The van der Waals surface area contributed by atoms with Gasteiger partial charge < -0.3 is 48.1 Å². The van der Waals surface area contributed by atoms with Crippen LogP contribution in [0.3, 0.4) is 0 Å². The SMILES string of the molecule is CC(=O)Nc1ccoc1C(=O)Nc1ccccc1.CC(=O)Nc1ccoc1C(=O)O.Cc1nc2ccoc2c(=O)n1-c1ccccc1.ClCCl.O=P(Cl)(Cl)Cl.O=c1c2occc2nc(CBr)n1-c1ccccc1.O=c1c2occc2nc(CSc2ncnc3nc[nH]c23)n1-c1ccccc1.[2H]CF. The van der Waals surface area contributed by atoms with Gasteiger partial charge in [0.2, 0.25) is 40.1 Å². The Balaban J connectivity index is 0.000000177. The lowest BCUT2D eigenvalue weighted by atomic mass is 10.3. The summed E-state index contributed by atoms with van der Waals surface area (Å²) in [5.41, 5.74) is 6.80. The molecule has 0 atom stereocenters. The number of nitrogens with one attached hydrogen (secondary N) is 4. The van der Waals surface area contributed by atoms with Crippen molar-refractivity contribution in [1.82, 2.24) is 48.6 Å². The van der Waals surface area contributed by atoms with Crippen LogP contribution >= 0.6 is 89.8 Å². The Morgan fingerprint density at radius 2 is 1.00 bits per heavy atom. The van der Waals surface area contributed by atoms with E-state index in [1.807, 2.05) is 109 Å². The van der Waals surface area contributed by atoms with Gasteiger partial charge >= 0.3 is 27.8 Å². The van der Waals surface area contributed by atoms with Crippen molar-refractivity contribution in [3.8, 4) is 17.1 Å². The summed E-state index contributed by atoms with van der Waals surface area (Å²) in [6.07, 6.45) is 10.0. The quantitative estimate of drug-likeness (QED) is 0.0328. The van der Waals surface area contributed by atoms with E-state index in [0.29, 0.717) is 67.7 Å². The highest BCUT2D eigenvalue weighted by Crippen LogP contribution is 2.61. The normalized spacial score (nSPS) is 10.5. The van der Waals surface area contributed by atoms with Crippen molar-refractivity contribution in [1.29, 1.82) is 0 Å². The highest BCUT2D eigenvalue weighted by Gasteiger charge is 2.20. The number of hydrogen-bond donors (Lipinski definition) is 5. The second kappa shape index (κ2) is 39.0. The molecule has 0 saturated carbocycles. The number of thioether (sulfide) groups is 1. The molecule has 0 radical (unpaired) electrons. The van der Waals surface area contributed by atoms with Crippen LogP contribution in [0.1, 0.15) is 53.8 Å². The van der Waals surface area contributed by atoms with Crippen molar-refractivity contribution < 1.29 is 56.7 Å². The number of carbonyl (C=O) groups is 4. The maximum atomic E-state index is 13.0. The first-order valence-electron chi connectivity index (χ1n) is 29.6. The number of H-pyrrole nitrogens is 1. The molecule has 27 nitrogen and oxygen atoms in total. The zero-order valence-electron chi connectivity index (χ0n) is 54.1. The molecular formula is C66H55BrCl5FN13O14PS. The van der Waals surface area contributed by atoms with Gasteiger partial charge in [0.15, 0.2) is 5.65 Å². The lowest BCUT2D eigenvalue weighted by molar-refractivity contribution is -0.115. The van der Waals surface area contributed by atoms with E-state index in [-0.39, 0.29) is 62.2 Å². The van der Waals surface area contributed by atoms with Gasteiger partial charge in [-0.1, -0.05) is 100 Å². The van der Waals surface area contributed by atoms with Crippen molar-refractivity contribution in [2.45, 2.75) is 36.9 Å². The number of furan rings is 5. The Kier molecular flexibility index (Phi) is 29.5. The molecule has 14 aromatic rings. The first-order chi connectivity index (χ1) is 49.5. The number of aryl methyl sites for hydroxylation is 1. The monoisotopic (exact) mass is 1590 g/mol. The molecule has 0 aliphatic rings. The van der Waals surface area contributed by atoms with E-state index in [9.17, 15) is 42.5 Å². The minimum Gasteiger partial charge on any atom is -0.475 e. The average molecular weight is 1590 g/mol. The number of alkyl halides is 4. The highest BCUT2D eigenvalue weighted by molar-refractivity contribution is 9.08. The third-order valence-electron chi connectivity index (χ3n) is 12.8. The summed E-state index contributed by atoms with van der Waals surface area (Å²) in [4.78, 5) is 110. The maximum Gasteiger partial charge on any atom is 0.374 e. The maximum absolute atomic E-state index is 13.0. The Bertz CT molecular complexity index is 5350. The predicted molar refractivity (Wildman–Crippen MR) is 394 cm³/mol. The number of carboxylic acids is 1. The van der Waals surface area contributed by atoms with Gasteiger partial charge in [-0.2, -0.15) is 0 Å². The number of anilines is 3. The van der Waals surface area contributed by atoms with Crippen LogP contribution in [0.4, 0.5) is 21.5 Å². The topological polar surface area (TPSA) is 366 Å². The molecule has 4 aromatic carbocycles. The number of aromatic amines is 1. The van der Waals surface area contributed by atoms with E-state index in [0.717, 1.165) is 27.6 Å². The number of amides is 3. The minimum absolute atomic E-state index is 0.0778. The number of fused-ring (bicyclic) bond motifs is 4. The van der Waals surface area contributed by atoms with Crippen molar-refractivity contribution >= 4 is 175 Å². The van der Waals surface area contributed by atoms with Gasteiger partial charge in [-0.3, -0.25) is 51.4 Å². The smallest absolute Gasteiger partial charge is 0.374 e. The molecule has 0 bridgehead atoms. The molecule has 0 fully saturated rings. The van der Waals surface area contributed by atoms with Gasteiger partial charge in [0.05, 0.1) is 91.0 Å². The van der Waals surface area contributed by atoms with Gasteiger partial charge in [-0.25, -0.2) is 34.7 Å². The second-order valence-corrected chi connectivity index (χ2v) is 28.5. The molecule has 0 spiro atoms. The Morgan fingerprint density at radius 3 is 1.46 bits per heavy atom. The van der Waals surface area contributed by atoms with Crippen LogP contribution in [0.5, 0.6) is 0 Å². The van der Waals surface area contributed by atoms with E-state index < -0.39 is 24.2 Å². The molecule has 5 N–H and O–H groups in total. The van der Waals surface area contributed by atoms with E-state index in [1.165, 1.54) is 75.4 Å². The number of aromatic carboxylic acids is 1. The Labute approximate surface area is 614 Å². The van der Waals surface area contributed by atoms with Crippen molar-refractivity contribution in [3.63, 3.8) is 0 Å². The van der Waals surface area contributed by atoms with Gasteiger partial charge in [0.1, 0.15) is 50.9 Å². The summed E-state index contributed by atoms with van der Waals surface area (Å²) in [6.45, 7) is 4.46. The van der Waals surface area contributed by atoms with E-state index in [2.05, 4.69) is 105 Å². The van der Waals surface area contributed by atoms with Gasteiger partial charge in [0.25, 0.3) is 5.91 Å².